The zero-order chi connectivity index (χ0) is 14.5. The number of benzene rings is 1. The quantitative estimate of drug-likeness (QED) is 0.866. The molecule has 1 aromatic carbocycles. The van der Waals surface area contributed by atoms with E-state index in [-0.39, 0.29) is 6.04 Å². The molecule has 0 radical (unpaired) electrons. The van der Waals surface area contributed by atoms with Crippen molar-refractivity contribution in [1.29, 1.82) is 0 Å². The summed E-state index contributed by atoms with van der Waals surface area (Å²) in [7, 11) is 0. The van der Waals surface area contributed by atoms with Gasteiger partial charge in [-0.05, 0) is 37.6 Å². The fourth-order valence-electron chi connectivity index (χ4n) is 3.31. The van der Waals surface area contributed by atoms with Crippen LogP contribution in [0.2, 0.25) is 0 Å². The van der Waals surface area contributed by atoms with Crippen molar-refractivity contribution in [2.75, 3.05) is 31.1 Å². The first kappa shape index (κ1) is 15.3. The first-order valence-electron chi connectivity index (χ1n) is 8.04. The Hall–Kier alpha value is -1.06. The Morgan fingerprint density at radius 1 is 1.25 bits per heavy atom. The Kier molecular flexibility index (Phi) is 5.44. The van der Waals surface area contributed by atoms with Crippen LogP contribution < -0.4 is 10.6 Å². The summed E-state index contributed by atoms with van der Waals surface area (Å²) in [4.78, 5) is 5.09. The van der Waals surface area contributed by atoms with Crippen LogP contribution in [0.4, 0.5) is 5.69 Å². The number of para-hydroxylation sites is 1. The van der Waals surface area contributed by atoms with Gasteiger partial charge < -0.3 is 10.6 Å². The van der Waals surface area contributed by atoms with Crippen LogP contribution in [0.1, 0.15) is 45.2 Å². The van der Waals surface area contributed by atoms with E-state index >= 15 is 0 Å². The van der Waals surface area contributed by atoms with Gasteiger partial charge in [0.15, 0.2) is 0 Å². The normalized spacial score (nSPS) is 20.6. The molecule has 0 aliphatic carbocycles. The Bertz CT molecular complexity index is 414. The number of rotatable bonds is 6. The van der Waals surface area contributed by atoms with Crippen LogP contribution in [0, 0.1) is 0 Å². The van der Waals surface area contributed by atoms with Gasteiger partial charge >= 0.3 is 0 Å². The van der Waals surface area contributed by atoms with Crippen molar-refractivity contribution in [3.8, 4) is 0 Å². The highest BCUT2D eigenvalue weighted by atomic mass is 15.3. The third kappa shape index (κ3) is 3.15. The number of anilines is 1. The summed E-state index contributed by atoms with van der Waals surface area (Å²) in [5, 5.41) is 0. The summed E-state index contributed by atoms with van der Waals surface area (Å²) < 4.78 is 0. The lowest BCUT2D eigenvalue weighted by Gasteiger charge is -2.28. The molecule has 1 unspecified atom stereocenters. The van der Waals surface area contributed by atoms with Crippen molar-refractivity contribution in [1.82, 2.24) is 4.90 Å². The van der Waals surface area contributed by atoms with Crippen LogP contribution in [0.25, 0.3) is 0 Å². The number of nitrogens with zero attached hydrogens (tertiary/aromatic N) is 2. The molecule has 1 fully saturated rings. The molecule has 3 nitrogen and oxygen atoms in total. The van der Waals surface area contributed by atoms with Crippen LogP contribution in [-0.2, 0) is 0 Å². The average molecular weight is 275 g/mol. The van der Waals surface area contributed by atoms with Crippen LogP contribution in [0.5, 0.6) is 0 Å². The topological polar surface area (TPSA) is 32.5 Å². The zero-order valence-electron chi connectivity index (χ0n) is 13.2. The maximum Gasteiger partial charge on any atom is 0.0415 e. The molecule has 20 heavy (non-hydrogen) atoms. The summed E-state index contributed by atoms with van der Waals surface area (Å²) in [5.41, 5.74) is 8.92. The van der Waals surface area contributed by atoms with Gasteiger partial charge in [-0.15, -0.1) is 0 Å². The maximum absolute atomic E-state index is 6.27. The standard InChI is InChI=1S/C17H29N3/c1-4-16(18)15-9-7-8-10-17(15)20-12-11-14(13-20)19(5-2)6-3/h7-10,14,16H,4-6,11-13,18H2,1-3H3/t14?,16-/m1/s1. The third-order valence-electron chi connectivity index (χ3n) is 4.61. The van der Waals surface area contributed by atoms with Crippen molar-refractivity contribution < 1.29 is 0 Å². The Balaban J connectivity index is 2.14. The number of hydrogen-bond acceptors (Lipinski definition) is 3. The van der Waals surface area contributed by atoms with E-state index in [1.165, 1.54) is 17.7 Å². The molecule has 0 saturated carbocycles. The van der Waals surface area contributed by atoms with E-state index < -0.39 is 0 Å². The van der Waals surface area contributed by atoms with E-state index in [1.54, 1.807) is 0 Å². The van der Waals surface area contributed by atoms with Crippen LogP contribution in [0.3, 0.4) is 0 Å². The van der Waals surface area contributed by atoms with Gasteiger partial charge in [-0.2, -0.15) is 0 Å². The molecule has 3 heteroatoms. The molecule has 1 aromatic rings. The molecule has 0 spiro atoms. The minimum atomic E-state index is 0.152. The highest BCUT2D eigenvalue weighted by molar-refractivity contribution is 5.56. The molecule has 2 atom stereocenters. The minimum absolute atomic E-state index is 0.152. The second-order valence-corrected chi connectivity index (χ2v) is 5.68. The monoisotopic (exact) mass is 275 g/mol. The highest BCUT2D eigenvalue weighted by Gasteiger charge is 2.27. The summed E-state index contributed by atoms with van der Waals surface area (Å²) in [6, 6.07) is 9.50. The van der Waals surface area contributed by atoms with E-state index in [0.29, 0.717) is 6.04 Å². The molecule has 0 amide bonds. The highest BCUT2D eigenvalue weighted by Crippen LogP contribution is 2.30. The van der Waals surface area contributed by atoms with Gasteiger partial charge in [-0.25, -0.2) is 0 Å². The first-order valence-corrected chi connectivity index (χ1v) is 8.04. The predicted molar refractivity (Wildman–Crippen MR) is 87.2 cm³/mol. The third-order valence-corrected chi connectivity index (χ3v) is 4.61. The Morgan fingerprint density at radius 2 is 1.95 bits per heavy atom. The lowest BCUT2D eigenvalue weighted by atomic mass is 10.0. The summed E-state index contributed by atoms with van der Waals surface area (Å²) in [6.45, 7) is 11.2. The molecule has 112 valence electrons. The molecule has 1 saturated heterocycles. The van der Waals surface area contributed by atoms with Gasteiger partial charge in [0, 0.05) is 30.9 Å². The smallest absolute Gasteiger partial charge is 0.0415 e. The molecule has 2 rings (SSSR count). The lowest BCUT2D eigenvalue weighted by molar-refractivity contribution is 0.232. The number of hydrogen-bond donors (Lipinski definition) is 1. The fraction of sp³-hybridized carbons (Fsp3) is 0.647. The summed E-state index contributed by atoms with van der Waals surface area (Å²) >= 11 is 0. The lowest BCUT2D eigenvalue weighted by Crippen LogP contribution is -2.37. The Morgan fingerprint density at radius 3 is 2.60 bits per heavy atom. The number of nitrogens with two attached hydrogens (primary N) is 1. The van der Waals surface area contributed by atoms with Gasteiger partial charge in [0.1, 0.15) is 0 Å². The van der Waals surface area contributed by atoms with E-state index in [9.17, 15) is 0 Å². The van der Waals surface area contributed by atoms with Crippen molar-refractivity contribution >= 4 is 5.69 Å². The molecule has 0 bridgehead atoms. The molecular weight excluding hydrogens is 246 g/mol. The summed E-state index contributed by atoms with van der Waals surface area (Å²) in [6.07, 6.45) is 2.25. The van der Waals surface area contributed by atoms with Crippen molar-refractivity contribution in [3.63, 3.8) is 0 Å². The molecule has 1 aliphatic heterocycles. The van der Waals surface area contributed by atoms with Gasteiger partial charge in [0.05, 0.1) is 0 Å². The minimum Gasteiger partial charge on any atom is -0.370 e. The van der Waals surface area contributed by atoms with E-state index in [0.717, 1.165) is 32.6 Å². The molecule has 0 aromatic heterocycles. The van der Waals surface area contributed by atoms with Crippen LogP contribution in [-0.4, -0.2) is 37.1 Å². The van der Waals surface area contributed by atoms with Gasteiger partial charge in [-0.3, -0.25) is 4.90 Å². The van der Waals surface area contributed by atoms with E-state index in [4.69, 9.17) is 5.73 Å². The van der Waals surface area contributed by atoms with Crippen molar-refractivity contribution in [2.24, 2.45) is 5.73 Å². The number of likely N-dealkylation sites (N-methyl/N-ethyl adjacent to an activating group) is 1. The van der Waals surface area contributed by atoms with Crippen LogP contribution in [0.15, 0.2) is 24.3 Å². The van der Waals surface area contributed by atoms with E-state index in [1.807, 2.05) is 0 Å². The summed E-state index contributed by atoms with van der Waals surface area (Å²) in [5.74, 6) is 0. The predicted octanol–water partition coefficient (Wildman–Crippen LogP) is 3.02. The van der Waals surface area contributed by atoms with Crippen molar-refractivity contribution in [3.05, 3.63) is 29.8 Å². The van der Waals surface area contributed by atoms with Gasteiger partial charge in [-0.1, -0.05) is 39.0 Å². The first-order chi connectivity index (χ1) is 9.71. The molecular formula is C17H29N3. The molecule has 2 N–H and O–H groups in total. The van der Waals surface area contributed by atoms with Gasteiger partial charge in [0.25, 0.3) is 0 Å². The van der Waals surface area contributed by atoms with Crippen LogP contribution >= 0.6 is 0 Å². The second kappa shape index (κ2) is 7.09. The zero-order valence-corrected chi connectivity index (χ0v) is 13.2. The molecule has 1 heterocycles. The maximum atomic E-state index is 6.27. The molecule has 1 aliphatic rings. The Labute approximate surface area is 123 Å². The largest absolute Gasteiger partial charge is 0.370 e. The second-order valence-electron chi connectivity index (χ2n) is 5.68. The SMILES string of the molecule is CC[C@@H](N)c1ccccc1N1CCC(N(CC)CC)C1. The van der Waals surface area contributed by atoms with Gasteiger partial charge in [0.2, 0.25) is 0 Å². The van der Waals surface area contributed by atoms with Crippen molar-refractivity contribution in [2.45, 2.75) is 45.7 Å². The fourth-order valence-corrected chi connectivity index (χ4v) is 3.31. The van der Waals surface area contributed by atoms with E-state index in [2.05, 4.69) is 54.8 Å². The average Bonchev–Trinajstić information content (AvgIpc) is 2.97.